The van der Waals surface area contributed by atoms with Crippen LogP contribution >= 0.6 is 0 Å². The molecule has 0 rings (SSSR count). The number of hydrogen-bond acceptors (Lipinski definition) is 6. The molecule has 0 aromatic rings. The Balaban J connectivity index is 4.15. The van der Waals surface area contributed by atoms with Crippen LogP contribution in [0.25, 0.3) is 0 Å². The summed E-state index contributed by atoms with van der Waals surface area (Å²) in [5.74, 6) is -1.46. The third kappa shape index (κ3) is 45.0. The van der Waals surface area contributed by atoms with Crippen molar-refractivity contribution in [2.45, 2.75) is 276 Å². The van der Waals surface area contributed by atoms with Crippen LogP contribution in [0.5, 0.6) is 0 Å². The number of aliphatic carboxylic acids is 1. The zero-order valence-electron chi connectivity index (χ0n) is 43.0. The molecule has 64 heavy (non-hydrogen) atoms. The molecule has 0 aromatic carbocycles. The number of nitrogens with zero attached hydrogens (tertiary/aromatic N) is 1. The summed E-state index contributed by atoms with van der Waals surface area (Å²) in [4.78, 5) is 37.2. The Morgan fingerprint density at radius 1 is 0.469 bits per heavy atom. The number of carbonyl (C=O) groups is 3. The number of unbranched alkanes of at least 4 members (excludes halogenated alkanes) is 32. The number of carboxylic acid groups (broad SMARTS) is 1. The lowest BCUT2D eigenvalue weighted by molar-refractivity contribution is -0.887. The molecule has 0 bridgehead atoms. The lowest BCUT2D eigenvalue weighted by Crippen LogP contribution is -2.50. The van der Waals surface area contributed by atoms with Crippen molar-refractivity contribution >= 4 is 17.9 Å². The fourth-order valence-electron chi connectivity index (χ4n) is 8.36. The molecule has 8 heteroatoms. The molecule has 0 saturated heterocycles. The lowest BCUT2D eigenvalue weighted by atomic mass is 10.0. The number of rotatable bonds is 50. The van der Waals surface area contributed by atoms with E-state index in [0.717, 1.165) is 51.4 Å². The summed E-state index contributed by atoms with van der Waals surface area (Å²) in [7, 11) is 5.54. The van der Waals surface area contributed by atoms with Crippen molar-refractivity contribution in [1.82, 2.24) is 0 Å². The standard InChI is InChI=1S/C56H105NO7/c1-6-8-10-12-14-16-18-20-22-24-25-26-27-28-29-31-32-34-36-38-40-42-44-46-54(58)63-51-52(50-62-49-48-53(56(60)61)57(3,4)5)64-55(59)47-45-43-41-39-37-35-33-30-23-21-19-17-15-13-11-9-7-2/h15,17,21,23,52-53H,6-14,16,18-20,22,24-51H2,1-5H3/p+1/b17-15-,23-21-. The Morgan fingerprint density at radius 3 is 1.23 bits per heavy atom. The molecule has 8 nitrogen and oxygen atoms in total. The third-order valence-electron chi connectivity index (χ3n) is 12.6. The van der Waals surface area contributed by atoms with E-state index in [0.29, 0.717) is 19.3 Å². The molecule has 0 fully saturated rings. The van der Waals surface area contributed by atoms with Crippen molar-refractivity contribution in [3.63, 3.8) is 0 Å². The van der Waals surface area contributed by atoms with Gasteiger partial charge in [-0.25, -0.2) is 4.79 Å². The van der Waals surface area contributed by atoms with E-state index < -0.39 is 18.1 Å². The first-order valence-corrected chi connectivity index (χ1v) is 27.4. The number of esters is 2. The number of likely N-dealkylation sites (N-methyl/N-ethyl adjacent to an activating group) is 1. The summed E-state index contributed by atoms with van der Waals surface area (Å²) in [6.07, 6.45) is 55.2. The van der Waals surface area contributed by atoms with Crippen molar-refractivity contribution < 1.29 is 38.2 Å². The maximum absolute atomic E-state index is 12.8. The first-order valence-electron chi connectivity index (χ1n) is 27.4. The maximum atomic E-state index is 12.8. The SMILES string of the molecule is CCCCC/C=C\C/C=C\CCCCCCCCCC(=O)OC(COCCC(C(=O)O)[N+](C)(C)C)COC(=O)CCCCCCCCCCCCCCCCCCCCCCCCC. The largest absolute Gasteiger partial charge is 0.477 e. The van der Waals surface area contributed by atoms with Crippen LogP contribution in [0.1, 0.15) is 264 Å². The molecule has 0 aliphatic rings. The van der Waals surface area contributed by atoms with E-state index in [-0.39, 0.29) is 36.2 Å². The first kappa shape index (κ1) is 61.8. The minimum atomic E-state index is -0.873. The number of carboxylic acids is 1. The molecule has 0 radical (unpaired) electrons. The molecule has 2 unspecified atom stereocenters. The van der Waals surface area contributed by atoms with Crippen LogP contribution < -0.4 is 0 Å². The van der Waals surface area contributed by atoms with Crippen molar-refractivity contribution in [2.24, 2.45) is 0 Å². The van der Waals surface area contributed by atoms with Gasteiger partial charge in [0.1, 0.15) is 6.61 Å². The van der Waals surface area contributed by atoms with Gasteiger partial charge in [0.25, 0.3) is 0 Å². The summed E-state index contributed by atoms with van der Waals surface area (Å²) >= 11 is 0. The second-order valence-corrected chi connectivity index (χ2v) is 19.8. The number of ether oxygens (including phenoxy) is 3. The highest BCUT2D eigenvalue weighted by Gasteiger charge is 2.31. The summed E-state index contributed by atoms with van der Waals surface area (Å²) in [6, 6.07) is -0.614. The van der Waals surface area contributed by atoms with Gasteiger partial charge in [-0.15, -0.1) is 0 Å². The molecule has 2 atom stereocenters. The molecular formula is C56H106NO7+. The molecule has 0 heterocycles. The summed E-state index contributed by atoms with van der Waals surface area (Å²) in [5, 5.41) is 9.66. The van der Waals surface area contributed by atoms with Crippen molar-refractivity contribution in [1.29, 1.82) is 0 Å². The minimum Gasteiger partial charge on any atom is -0.477 e. The predicted octanol–water partition coefficient (Wildman–Crippen LogP) is 16.0. The maximum Gasteiger partial charge on any atom is 0.362 e. The first-order chi connectivity index (χ1) is 31.1. The van der Waals surface area contributed by atoms with Crippen LogP contribution in [0.2, 0.25) is 0 Å². The Hall–Kier alpha value is -2.19. The van der Waals surface area contributed by atoms with E-state index in [1.807, 2.05) is 21.1 Å². The van der Waals surface area contributed by atoms with Gasteiger partial charge in [-0.3, -0.25) is 9.59 Å². The highest BCUT2D eigenvalue weighted by Crippen LogP contribution is 2.17. The predicted molar refractivity (Wildman–Crippen MR) is 271 cm³/mol. The molecular weight excluding hydrogens is 799 g/mol. The Morgan fingerprint density at radius 2 is 0.828 bits per heavy atom. The van der Waals surface area contributed by atoms with Crippen LogP contribution in [-0.2, 0) is 28.6 Å². The van der Waals surface area contributed by atoms with Gasteiger partial charge >= 0.3 is 17.9 Å². The zero-order chi connectivity index (χ0) is 47.0. The molecule has 0 saturated carbocycles. The summed E-state index contributed by atoms with van der Waals surface area (Å²) < 4.78 is 17.4. The van der Waals surface area contributed by atoms with Crippen molar-refractivity contribution in [2.75, 3.05) is 41.0 Å². The molecule has 0 aliphatic carbocycles. The Bertz CT molecular complexity index is 1100. The van der Waals surface area contributed by atoms with Crippen LogP contribution in [0.15, 0.2) is 24.3 Å². The smallest absolute Gasteiger partial charge is 0.362 e. The number of hydrogen-bond donors (Lipinski definition) is 1. The number of carbonyl (C=O) groups excluding carboxylic acids is 2. The Kier molecular flexibility index (Phi) is 45.7. The monoisotopic (exact) mass is 905 g/mol. The van der Waals surface area contributed by atoms with Gasteiger partial charge in [0.15, 0.2) is 12.1 Å². The zero-order valence-corrected chi connectivity index (χ0v) is 43.0. The molecule has 1 N–H and O–H groups in total. The van der Waals surface area contributed by atoms with E-state index in [1.54, 1.807) is 0 Å². The van der Waals surface area contributed by atoms with Gasteiger partial charge in [-0.05, 0) is 44.9 Å². The van der Waals surface area contributed by atoms with Gasteiger partial charge < -0.3 is 23.8 Å². The molecule has 376 valence electrons. The molecule has 0 aromatic heterocycles. The highest BCUT2D eigenvalue weighted by atomic mass is 16.6. The van der Waals surface area contributed by atoms with Crippen LogP contribution in [0.3, 0.4) is 0 Å². The third-order valence-corrected chi connectivity index (χ3v) is 12.6. The molecule has 0 amide bonds. The number of quaternary nitrogens is 1. The van der Waals surface area contributed by atoms with Gasteiger partial charge in [0, 0.05) is 19.3 Å². The van der Waals surface area contributed by atoms with Crippen LogP contribution in [0.4, 0.5) is 0 Å². The normalized spacial score (nSPS) is 13.0. The van der Waals surface area contributed by atoms with Crippen LogP contribution in [0, 0.1) is 0 Å². The van der Waals surface area contributed by atoms with Crippen molar-refractivity contribution in [3.05, 3.63) is 24.3 Å². The van der Waals surface area contributed by atoms with E-state index in [1.165, 1.54) is 180 Å². The Labute approximate surface area is 396 Å². The molecule has 0 spiro atoms. The van der Waals surface area contributed by atoms with E-state index in [4.69, 9.17) is 14.2 Å². The van der Waals surface area contributed by atoms with E-state index in [9.17, 15) is 19.5 Å². The average molecular weight is 905 g/mol. The summed E-state index contributed by atoms with van der Waals surface area (Å²) in [5.41, 5.74) is 0. The second-order valence-electron chi connectivity index (χ2n) is 19.8. The van der Waals surface area contributed by atoms with Gasteiger partial charge in [0.05, 0.1) is 34.4 Å². The second kappa shape index (κ2) is 47.3. The molecule has 0 aliphatic heterocycles. The van der Waals surface area contributed by atoms with Gasteiger partial charge in [-0.1, -0.05) is 224 Å². The fraction of sp³-hybridized carbons (Fsp3) is 0.875. The number of allylic oxidation sites excluding steroid dienone is 4. The van der Waals surface area contributed by atoms with Crippen LogP contribution in [-0.4, -0.2) is 80.6 Å². The van der Waals surface area contributed by atoms with Gasteiger partial charge in [0.2, 0.25) is 0 Å². The van der Waals surface area contributed by atoms with Crippen molar-refractivity contribution in [3.8, 4) is 0 Å². The topological polar surface area (TPSA) is 99.1 Å². The minimum absolute atomic E-state index is 0.0490. The fourth-order valence-corrected chi connectivity index (χ4v) is 8.36. The highest BCUT2D eigenvalue weighted by molar-refractivity contribution is 5.72. The summed E-state index contributed by atoms with van der Waals surface area (Å²) in [6.45, 7) is 4.75. The average Bonchev–Trinajstić information content (AvgIpc) is 3.26. The quantitative estimate of drug-likeness (QED) is 0.0281. The van der Waals surface area contributed by atoms with Gasteiger partial charge in [-0.2, -0.15) is 0 Å². The lowest BCUT2D eigenvalue weighted by Gasteiger charge is -2.31. The van der Waals surface area contributed by atoms with E-state index >= 15 is 0 Å². The van der Waals surface area contributed by atoms with E-state index in [2.05, 4.69) is 38.2 Å².